The molecule has 0 amide bonds. The fraction of sp³-hybridized carbons (Fsp3) is 0.280. The number of hydrogen-bond acceptors (Lipinski definition) is 6. The van der Waals surface area contributed by atoms with E-state index in [4.69, 9.17) is 10.5 Å². The molecule has 37 heavy (non-hydrogen) atoms. The smallest absolute Gasteiger partial charge is 0.416 e. The van der Waals surface area contributed by atoms with E-state index >= 15 is 0 Å². The summed E-state index contributed by atoms with van der Waals surface area (Å²) in [5, 5.41) is 0.703. The average molecular weight is 532 g/mol. The number of anilines is 2. The summed E-state index contributed by atoms with van der Waals surface area (Å²) in [5.74, 6) is 0.563. The number of benzene rings is 2. The summed E-state index contributed by atoms with van der Waals surface area (Å²) in [6, 6.07) is 8.50. The summed E-state index contributed by atoms with van der Waals surface area (Å²) in [4.78, 5) is 8.32. The number of alkyl halides is 3. The van der Waals surface area contributed by atoms with Gasteiger partial charge in [-0.2, -0.15) is 13.2 Å². The predicted molar refractivity (Wildman–Crippen MR) is 134 cm³/mol. The van der Waals surface area contributed by atoms with Crippen molar-refractivity contribution in [2.45, 2.75) is 42.8 Å². The maximum atomic E-state index is 12.9. The molecule has 4 aromatic rings. The summed E-state index contributed by atoms with van der Waals surface area (Å²) in [5.41, 5.74) is 7.68. The lowest BCUT2D eigenvalue weighted by atomic mass is 10.1. The van der Waals surface area contributed by atoms with Crippen LogP contribution in [0.5, 0.6) is 5.75 Å². The third-order valence-corrected chi connectivity index (χ3v) is 7.99. The van der Waals surface area contributed by atoms with Crippen molar-refractivity contribution in [2.75, 3.05) is 17.6 Å². The average Bonchev–Trinajstić information content (AvgIpc) is 3.52. The lowest BCUT2D eigenvalue weighted by molar-refractivity contribution is -0.137. The maximum absolute atomic E-state index is 12.9. The van der Waals surface area contributed by atoms with Crippen molar-refractivity contribution < 1.29 is 26.3 Å². The van der Waals surface area contributed by atoms with Gasteiger partial charge in [-0.15, -0.1) is 0 Å². The van der Waals surface area contributed by atoms with Crippen molar-refractivity contribution in [3.8, 4) is 16.9 Å². The van der Waals surface area contributed by atoms with Crippen LogP contribution < -0.4 is 15.2 Å². The molecule has 0 atom stereocenters. The zero-order chi connectivity index (χ0) is 26.4. The summed E-state index contributed by atoms with van der Waals surface area (Å²) >= 11 is 0. The Kier molecular flexibility index (Phi) is 6.22. The highest BCUT2D eigenvalue weighted by Crippen LogP contribution is 2.41. The molecule has 0 bridgehead atoms. The van der Waals surface area contributed by atoms with E-state index in [0.717, 1.165) is 66.7 Å². The van der Waals surface area contributed by atoms with Crippen LogP contribution in [0.4, 0.5) is 24.7 Å². The molecule has 0 saturated heterocycles. The van der Waals surface area contributed by atoms with Gasteiger partial charge in [0.05, 0.1) is 28.6 Å². The van der Waals surface area contributed by atoms with Crippen molar-refractivity contribution in [2.24, 2.45) is 0 Å². The van der Waals surface area contributed by atoms with E-state index in [1.165, 1.54) is 19.5 Å². The number of nitrogens with zero attached hydrogens (tertiary/aromatic N) is 3. The van der Waals surface area contributed by atoms with Gasteiger partial charge in [-0.25, -0.2) is 18.4 Å². The van der Waals surface area contributed by atoms with Crippen molar-refractivity contribution in [1.82, 2.24) is 14.5 Å². The van der Waals surface area contributed by atoms with Crippen LogP contribution in [0.3, 0.4) is 0 Å². The summed E-state index contributed by atoms with van der Waals surface area (Å²) in [6.45, 7) is 0. The quantitative estimate of drug-likeness (QED) is 0.334. The van der Waals surface area contributed by atoms with E-state index in [1.807, 2.05) is 6.20 Å². The lowest BCUT2D eigenvalue weighted by Crippen LogP contribution is -2.14. The van der Waals surface area contributed by atoms with Gasteiger partial charge in [-0.3, -0.25) is 4.72 Å². The zero-order valence-corrected chi connectivity index (χ0v) is 20.6. The highest BCUT2D eigenvalue weighted by atomic mass is 32.2. The van der Waals surface area contributed by atoms with Crippen molar-refractivity contribution in [3.05, 3.63) is 60.6 Å². The second-order valence-corrected chi connectivity index (χ2v) is 10.6. The normalized spacial score (nSPS) is 14.8. The standard InChI is InChI=1S/C25H24F3N5O3S/c1-36-21-12-15(19-13-33(17-4-2-3-5-17)24-22(19)23(29)30-14-31-24)6-11-20(21)32-37(34,35)18-9-7-16(8-10-18)25(26,27)28/h6-14,17,32H,2-5H2,1H3,(H2,29,30,31). The van der Waals surface area contributed by atoms with Crippen LogP contribution in [-0.2, 0) is 16.2 Å². The van der Waals surface area contributed by atoms with E-state index in [-0.39, 0.29) is 16.3 Å². The molecule has 1 aliphatic rings. The Morgan fingerprint density at radius 3 is 2.43 bits per heavy atom. The van der Waals surface area contributed by atoms with Crippen LogP contribution in [0.1, 0.15) is 37.3 Å². The fourth-order valence-electron chi connectivity index (χ4n) is 4.76. The largest absolute Gasteiger partial charge is 0.495 e. The number of nitrogens with two attached hydrogens (primary N) is 1. The Hall–Kier alpha value is -3.80. The molecule has 12 heteroatoms. The van der Waals surface area contributed by atoms with Gasteiger partial charge in [-0.05, 0) is 54.8 Å². The van der Waals surface area contributed by atoms with Gasteiger partial charge >= 0.3 is 6.18 Å². The van der Waals surface area contributed by atoms with Crippen LogP contribution in [0, 0.1) is 0 Å². The number of hydrogen-bond donors (Lipinski definition) is 2. The molecule has 1 fully saturated rings. The minimum absolute atomic E-state index is 0.134. The van der Waals surface area contributed by atoms with E-state index in [9.17, 15) is 21.6 Å². The van der Waals surface area contributed by atoms with Crippen LogP contribution in [0.15, 0.2) is 59.9 Å². The van der Waals surface area contributed by atoms with E-state index in [2.05, 4.69) is 19.3 Å². The molecule has 2 aromatic carbocycles. The highest BCUT2D eigenvalue weighted by Gasteiger charge is 2.31. The molecule has 0 spiro atoms. The van der Waals surface area contributed by atoms with Gasteiger partial charge in [0, 0.05) is 17.8 Å². The molecule has 1 saturated carbocycles. The molecular weight excluding hydrogens is 507 g/mol. The van der Waals surface area contributed by atoms with Gasteiger partial charge in [0.25, 0.3) is 10.0 Å². The van der Waals surface area contributed by atoms with Crippen molar-refractivity contribution in [1.29, 1.82) is 0 Å². The Balaban J connectivity index is 1.51. The number of sulfonamides is 1. The molecule has 0 radical (unpaired) electrons. The van der Waals surface area contributed by atoms with E-state index in [0.29, 0.717) is 17.2 Å². The van der Waals surface area contributed by atoms with Gasteiger partial charge in [0.15, 0.2) is 0 Å². The molecule has 2 heterocycles. The minimum Gasteiger partial charge on any atom is -0.495 e. The first-order chi connectivity index (χ1) is 17.6. The van der Waals surface area contributed by atoms with Gasteiger partial charge in [0.2, 0.25) is 0 Å². The minimum atomic E-state index is -4.57. The second kappa shape index (κ2) is 9.25. The van der Waals surface area contributed by atoms with Crippen molar-refractivity contribution in [3.63, 3.8) is 0 Å². The van der Waals surface area contributed by atoms with E-state index < -0.39 is 21.8 Å². The van der Waals surface area contributed by atoms with Gasteiger partial charge in [-0.1, -0.05) is 18.9 Å². The number of rotatable bonds is 6. The number of fused-ring (bicyclic) bond motifs is 1. The highest BCUT2D eigenvalue weighted by molar-refractivity contribution is 7.92. The van der Waals surface area contributed by atoms with Crippen LogP contribution in [0.25, 0.3) is 22.2 Å². The molecule has 5 rings (SSSR count). The van der Waals surface area contributed by atoms with E-state index in [1.54, 1.807) is 12.1 Å². The van der Waals surface area contributed by atoms with Crippen LogP contribution in [0.2, 0.25) is 0 Å². The van der Waals surface area contributed by atoms with Crippen molar-refractivity contribution >= 4 is 32.6 Å². The molecule has 3 N–H and O–H groups in total. The molecule has 2 aromatic heterocycles. The van der Waals surface area contributed by atoms with Crippen LogP contribution >= 0.6 is 0 Å². The maximum Gasteiger partial charge on any atom is 0.416 e. The Morgan fingerprint density at radius 2 is 1.78 bits per heavy atom. The number of ether oxygens (including phenoxy) is 1. The number of methoxy groups -OCH3 is 1. The lowest BCUT2D eigenvalue weighted by Gasteiger charge is -2.14. The first kappa shape index (κ1) is 24.9. The fourth-order valence-corrected chi connectivity index (χ4v) is 5.83. The predicted octanol–water partition coefficient (Wildman–Crippen LogP) is 5.62. The molecule has 1 aliphatic carbocycles. The summed E-state index contributed by atoms with van der Waals surface area (Å²) < 4.78 is 74.3. The second-order valence-electron chi connectivity index (χ2n) is 8.89. The topological polar surface area (TPSA) is 112 Å². The number of nitrogen functional groups attached to an aromatic ring is 1. The number of aromatic nitrogens is 3. The first-order valence-corrected chi connectivity index (χ1v) is 13.1. The summed E-state index contributed by atoms with van der Waals surface area (Å²) in [7, 11) is -2.78. The zero-order valence-electron chi connectivity index (χ0n) is 19.8. The van der Waals surface area contributed by atoms with Crippen LogP contribution in [-0.4, -0.2) is 30.1 Å². The molecule has 0 aliphatic heterocycles. The SMILES string of the molecule is COc1cc(-c2cn(C3CCCC3)c3ncnc(N)c23)ccc1NS(=O)(=O)c1ccc(C(F)(F)F)cc1. The van der Waals surface area contributed by atoms with Gasteiger partial charge in [0.1, 0.15) is 23.5 Å². The molecule has 194 valence electrons. The number of nitrogens with one attached hydrogen (secondary N) is 1. The Morgan fingerprint density at radius 1 is 1.08 bits per heavy atom. The molecular formula is C25H24F3N5O3S. The Labute approximate surface area is 211 Å². The first-order valence-electron chi connectivity index (χ1n) is 11.6. The summed E-state index contributed by atoms with van der Waals surface area (Å²) in [6.07, 6.45) is 3.23. The monoisotopic (exact) mass is 531 g/mol. The molecule has 8 nitrogen and oxygen atoms in total. The Bertz CT molecular complexity index is 1560. The third kappa shape index (κ3) is 4.68. The number of halogens is 3. The molecule has 0 unspecified atom stereocenters. The van der Waals surface area contributed by atoms with Gasteiger partial charge < -0.3 is 15.0 Å². The third-order valence-electron chi connectivity index (χ3n) is 6.61.